The molecule has 0 bridgehead atoms. The van der Waals surface area contributed by atoms with Crippen LogP contribution in [0, 0.1) is 6.92 Å². The first-order valence-electron chi connectivity index (χ1n) is 4.99. The normalized spacial score (nSPS) is 12.8. The standard InChI is InChI=1S/C12H12BrNO2/c1-7-11(8(2)15)12(16-14-7)9-3-5-10(13)6-4-9/h3-6,8,15H,1-2H3. The second-order valence-corrected chi connectivity index (χ2v) is 4.61. The lowest BCUT2D eigenvalue weighted by Crippen LogP contribution is -1.94. The zero-order chi connectivity index (χ0) is 11.7. The van der Waals surface area contributed by atoms with E-state index >= 15 is 0 Å². The summed E-state index contributed by atoms with van der Waals surface area (Å²) in [5, 5.41) is 13.6. The molecule has 0 fully saturated rings. The molecule has 1 unspecified atom stereocenters. The van der Waals surface area contributed by atoms with Crippen LogP contribution >= 0.6 is 15.9 Å². The van der Waals surface area contributed by atoms with Gasteiger partial charge in [-0.3, -0.25) is 0 Å². The molecule has 2 aromatic rings. The first-order chi connectivity index (χ1) is 7.59. The van der Waals surface area contributed by atoms with Gasteiger partial charge in [0.25, 0.3) is 0 Å². The molecule has 1 aromatic heterocycles. The lowest BCUT2D eigenvalue weighted by Gasteiger charge is -2.04. The van der Waals surface area contributed by atoms with Gasteiger partial charge in [-0.05, 0) is 26.0 Å². The number of hydrogen-bond acceptors (Lipinski definition) is 3. The van der Waals surface area contributed by atoms with Crippen LogP contribution in [0.25, 0.3) is 11.3 Å². The minimum absolute atomic E-state index is 0.579. The maximum atomic E-state index is 9.68. The van der Waals surface area contributed by atoms with Crippen molar-refractivity contribution in [2.75, 3.05) is 0 Å². The third-order valence-corrected chi connectivity index (χ3v) is 2.96. The number of rotatable bonds is 2. The van der Waals surface area contributed by atoms with Crippen molar-refractivity contribution in [3.8, 4) is 11.3 Å². The summed E-state index contributed by atoms with van der Waals surface area (Å²) in [6, 6.07) is 7.71. The summed E-state index contributed by atoms with van der Waals surface area (Å²) in [7, 11) is 0. The van der Waals surface area contributed by atoms with Crippen LogP contribution in [0.5, 0.6) is 0 Å². The van der Waals surface area contributed by atoms with Gasteiger partial charge in [0.15, 0.2) is 5.76 Å². The predicted molar refractivity (Wildman–Crippen MR) is 65.0 cm³/mol. The van der Waals surface area contributed by atoms with Crippen molar-refractivity contribution in [1.82, 2.24) is 5.16 Å². The second kappa shape index (κ2) is 4.39. The van der Waals surface area contributed by atoms with Crippen molar-refractivity contribution in [1.29, 1.82) is 0 Å². The zero-order valence-corrected chi connectivity index (χ0v) is 10.7. The van der Waals surface area contributed by atoms with E-state index in [2.05, 4.69) is 21.1 Å². The maximum Gasteiger partial charge on any atom is 0.172 e. The van der Waals surface area contributed by atoms with E-state index in [0.717, 1.165) is 21.3 Å². The average molecular weight is 282 g/mol. The quantitative estimate of drug-likeness (QED) is 0.917. The minimum atomic E-state index is -0.579. The van der Waals surface area contributed by atoms with E-state index in [1.54, 1.807) is 6.92 Å². The van der Waals surface area contributed by atoms with Crippen LogP contribution < -0.4 is 0 Å². The summed E-state index contributed by atoms with van der Waals surface area (Å²) in [4.78, 5) is 0. The number of benzene rings is 1. The average Bonchev–Trinajstić information content (AvgIpc) is 2.61. The summed E-state index contributed by atoms with van der Waals surface area (Å²) < 4.78 is 6.26. The number of aromatic nitrogens is 1. The molecular formula is C12H12BrNO2. The molecule has 1 atom stereocenters. The van der Waals surface area contributed by atoms with Crippen molar-refractivity contribution in [2.45, 2.75) is 20.0 Å². The Morgan fingerprint density at radius 1 is 1.31 bits per heavy atom. The lowest BCUT2D eigenvalue weighted by atomic mass is 10.0. The van der Waals surface area contributed by atoms with Gasteiger partial charge in [-0.25, -0.2) is 0 Å². The highest BCUT2D eigenvalue weighted by Crippen LogP contribution is 2.31. The van der Waals surface area contributed by atoms with Crippen molar-refractivity contribution in [3.63, 3.8) is 0 Å². The Balaban J connectivity index is 2.52. The Kier molecular flexibility index (Phi) is 3.12. The molecule has 0 amide bonds. The molecule has 1 aromatic carbocycles. The van der Waals surface area contributed by atoms with Crippen LogP contribution in [-0.2, 0) is 0 Å². The second-order valence-electron chi connectivity index (χ2n) is 3.69. The Bertz CT molecular complexity index is 488. The van der Waals surface area contributed by atoms with Gasteiger partial charge in [-0.1, -0.05) is 33.2 Å². The third kappa shape index (κ3) is 2.03. The van der Waals surface area contributed by atoms with Crippen LogP contribution in [0.1, 0.15) is 24.3 Å². The Morgan fingerprint density at radius 3 is 2.50 bits per heavy atom. The van der Waals surface area contributed by atoms with Gasteiger partial charge < -0.3 is 9.63 Å². The lowest BCUT2D eigenvalue weighted by molar-refractivity contribution is 0.198. The Hall–Kier alpha value is -1.13. The molecule has 2 rings (SSSR count). The molecule has 0 saturated heterocycles. The fraction of sp³-hybridized carbons (Fsp3) is 0.250. The highest BCUT2D eigenvalue weighted by molar-refractivity contribution is 9.10. The topological polar surface area (TPSA) is 46.3 Å². The molecule has 0 saturated carbocycles. The van der Waals surface area contributed by atoms with Gasteiger partial charge >= 0.3 is 0 Å². The molecular weight excluding hydrogens is 270 g/mol. The fourth-order valence-electron chi connectivity index (χ4n) is 1.68. The van der Waals surface area contributed by atoms with Gasteiger partial charge in [0.05, 0.1) is 17.4 Å². The Labute approximate surface area is 102 Å². The van der Waals surface area contributed by atoms with Crippen molar-refractivity contribution in [3.05, 3.63) is 40.0 Å². The summed E-state index contributed by atoms with van der Waals surface area (Å²) in [6.45, 7) is 3.54. The molecule has 1 heterocycles. The highest BCUT2D eigenvalue weighted by Gasteiger charge is 2.18. The van der Waals surface area contributed by atoms with E-state index < -0.39 is 6.10 Å². The van der Waals surface area contributed by atoms with Crippen molar-refractivity contribution >= 4 is 15.9 Å². The zero-order valence-electron chi connectivity index (χ0n) is 9.07. The number of nitrogens with zero attached hydrogens (tertiary/aromatic N) is 1. The van der Waals surface area contributed by atoms with Gasteiger partial charge in [-0.15, -0.1) is 0 Å². The minimum Gasteiger partial charge on any atom is -0.388 e. The first kappa shape index (κ1) is 11.4. The van der Waals surface area contributed by atoms with Gasteiger partial charge in [0.1, 0.15) is 0 Å². The van der Waals surface area contributed by atoms with Crippen LogP contribution in [0.2, 0.25) is 0 Å². The third-order valence-electron chi connectivity index (χ3n) is 2.43. The van der Waals surface area contributed by atoms with E-state index in [1.165, 1.54) is 0 Å². The first-order valence-corrected chi connectivity index (χ1v) is 5.79. The smallest absolute Gasteiger partial charge is 0.172 e. The van der Waals surface area contributed by atoms with E-state index in [0.29, 0.717) is 5.76 Å². The summed E-state index contributed by atoms with van der Waals surface area (Å²) in [5.74, 6) is 0.639. The number of aryl methyl sites for hydroxylation is 1. The van der Waals surface area contributed by atoms with Gasteiger partial charge in [-0.2, -0.15) is 0 Å². The van der Waals surface area contributed by atoms with Crippen LogP contribution in [0.3, 0.4) is 0 Å². The highest BCUT2D eigenvalue weighted by atomic mass is 79.9. The largest absolute Gasteiger partial charge is 0.388 e. The molecule has 0 spiro atoms. The van der Waals surface area contributed by atoms with E-state index in [1.807, 2.05) is 31.2 Å². The number of aliphatic hydroxyl groups excluding tert-OH is 1. The van der Waals surface area contributed by atoms with Crippen LogP contribution in [0.4, 0.5) is 0 Å². The predicted octanol–water partition coefficient (Wildman–Crippen LogP) is 3.47. The van der Waals surface area contributed by atoms with Crippen LogP contribution in [-0.4, -0.2) is 10.3 Å². The van der Waals surface area contributed by atoms with E-state index in [-0.39, 0.29) is 0 Å². The molecule has 84 valence electrons. The maximum absolute atomic E-state index is 9.68. The van der Waals surface area contributed by atoms with Crippen molar-refractivity contribution < 1.29 is 9.63 Å². The monoisotopic (exact) mass is 281 g/mol. The molecule has 4 heteroatoms. The molecule has 1 N–H and O–H groups in total. The molecule has 0 aliphatic carbocycles. The van der Waals surface area contributed by atoms with Gasteiger partial charge in [0.2, 0.25) is 0 Å². The van der Waals surface area contributed by atoms with Gasteiger partial charge in [0, 0.05) is 10.0 Å². The molecule has 0 aliphatic rings. The fourth-order valence-corrected chi connectivity index (χ4v) is 1.94. The molecule has 0 aliphatic heterocycles. The van der Waals surface area contributed by atoms with E-state index in [4.69, 9.17) is 4.52 Å². The van der Waals surface area contributed by atoms with E-state index in [9.17, 15) is 5.11 Å². The summed E-state index contributed by atoms with van der Waals surface area (Å²) in [6.07, 6.45) is -0.579. The van der Waals surface area contributed by atoms with Crippen molar-refractivity contribution in [2.24, 2.45) is 0 Å². The Morgan fingerprint density at radius 2 is 1.94 bits per heavy atom. The van der Waals surface area contributed by atoms with Crippen LogP contribution in [0.15, 0.2) is 33.3 Å². The molecule has 3 nitrogen and oxygen atoms in total. The molecule has 16 heavy (non-hydrogen) atoms. The summed E-state index contributed by atoms with van der Waals surface area (Å²) >= 11 is 3.38. The molecule has 0 radical (unpaired) electrons. The number of hydrogen-bond donors (Lipinski definition) is 1. The number of halogens is 1. The SMILES string of the molecule is Cc1noc(-c2ccc(Br)cc2)c1C(C)O. The number of aliphatic hydroxyl groups is 1. The summed E-state index contributed by atoms with van der Waals surface area (Å²) in [5.41, 5.74) is 2.40.